The van der Waals surface area contributed by atoms with Crippen molar-refractivity contribution < 1.29 is 17.6 Å². The quantitative estimate of drug-likeness (QED) is 0.840. The summed E-state index contributed by atoms with van der Waals surface area (Å²) in [4.78, 5) is 14.4. The summed E-state index contributed by atoms with van der Waals surface area (Å²) in [6, 6.07) is 1.70. The average Bonchev–Trinajstić information content (AvgIpc) is 2.97. The Balaban J connectivity index is 1.86. The lowest BCUT2D eigenvalue weighted by atomic mass is 10.1. The maximum absolute atomic E-state index is 12.6. The molecule has 1 aliphatic carbocycles. The van der Waals surface area contributed by atoms with Gasteiger partial charge in [-0.15, -0.1) is 0 Å². The maximum atomic E-state index is 12.6. The number of hydrogen-bond acceptors (Lipinski definition) is 4. The first-order valence-corrected chi connectivity index (χ1v) is 8.37. The third kappa shape index (κ3) is 2.41. The number of nitrogens with zero attached hydrogens (tertiary/aromatic N) is 1. The molecule has 0 bridgehead atoms. The number of amides is 1. The van der Waals surface area contributed by atoms with E-state index in [1.807, 2.05) is 0 Å². The van der Waals surface area contributed by atoms with E-state index in [1.165, 1.54) is 6.26 Å². The van der Waals surface area contributed by atoms with Gasteiger partial charge < -0.3 is 9.32 Å². The molecule has 5 nitrogen and oxygen atoms in total. The minimum atomic E-state index is -2.98. The monoisotopic (exact) mass is 283 g/mol. The van der Waals surface area contributed by atoms with Crippen molar-refractivity contribution in [1.82, 2.24) is 4.90 Å². The zero-order valence-corrected chi connectivity index (χ0v) is 11.6. The highest BCUT2D eigenvalue weighted by atomic mass is 32.2. The Kier molecular flexibility index (Phi) is 2.92. The molecule has 6 heteroatoms. The van der Waals surface area contributed by atoms with Crippen LogP contribution in [0.5, 0.6) is 0 Å². The highest BCUT2D eigenvalue weighted by molar-refractivity contribution is 7.91. The van der Waals surface area contributed by atoms with Crippen LogP contribution in [0.1, 0.15) is 35.4 Å². The lowest BCUT2D eigenvalue weighted by Gasteiger charge is -2.28. The second-order valence-electron chi connectivity index (χ2n) is 5.39. The number of carbonyl (C=O) groups is 1. The number of furan rings is 1. The Bertz CT molecular complexity index is 600. The van der Waals surface area contributed by atoms with Crippen molar-refractivity contribution in [2.75, 3.05) is 11.5 Å². The molecule has 1 aromatic heterocycles. The van der Waals surface area contributed by atoms with Crippen molar-refractivity contribution in [3.05, 3.63) is 23.7 Å². The predicted molar refractivity (Wildman–Crippen MR) is 69.7 cm³/mol. The van der Waals surface area contributed by atoms with Gasteiger partial charge in [0.2, 0.25) is 0 Å². The Morgan fingerprint density at radius 3 is 2.53 bits per heavy atom. The van der Waals surface area contributed by atoms with E-state index < -0.39 is 9.84 Å². The van der Waals surface area contributed by atoms with E-state index in [-0.39, 0.29) is 29.5 Å². The van der Waals surface area contributed by atoms with E-state index in [4.69, 9.17) is 4.42 Å². The zero-order chi connectivity index (χ0) is 13.6. The smallest absolute Gasteiger partial charge is 0.257 e. The fourth-order valence-electron chi connectivity index (χ4n) is 2.72. The van der Waals surface area contributed by atoms with E-state index in [2.05, 4.69) is 0 Å². The first-order chi connectivity index (χ1) is 8.98. The van der Waals surface area contributed by atoms with Crippen LogP contribution < -0.4 is 0 Å². The van der Waals surface area contributed by atoms with Crippen LogP contribution in [-0.4, -0.2) is 42.8 Å². The van der Waals surface area contributed by atoms with Crippen LogP contribution in [0.2, 0.25) is 0 Å². The SMILES string of the molecule is Cc1occc1C(=O)N(C1CC1)C1CCS(=O)(=O)C1. The molecular formula is C13H17NO4S. The van der Waals surface area contributed by atoms with Crippen molar-refractivity contribution in [1.29, 1.82) is 0 Å². The number of sulfone groups is 1. The summed E-state index contributed by atoms with van der Waals surface area (Å²) in [5.41, 5.74) is 0.552. The molecule has 1 unspecified atom stereocenters. The minimum absolute atomic E-state index is 0.0872. The largest absolute Gasteiger partial charge is 0.469 e. The fourth-order valence-corrected chi connectivity index (χ4v) is 4.43. The Morgan fingerprint density at radius 1 is 1.32 bits per heavy atom. The molecule has 1 saturated heterocycles. The van der Waals surface area contributed by atoms with E-state index in [1.54, 1.807) is 17.9 Å². The maximum Gasteiger partial charge on any atom is 0.257 e. The molecule has 2 aliphatic rings. The number of carbonyl (C=O) groups excluding carboxylic acids is 1. The molecule has 0 aromatic carbocycles. The highest BCUT2D eigenvalue weighted by Crippen LogP contribution is 2.34. The molecule has 1 aromatic rings. The second kappa shape index (κ2) is 4.37. The second-order valence-corrected chi connectivity index (χ2v) is 7.62. The summed E-state index contributed by atoms with van der Waals surface area (Å²) in [6.45, 7) is 1.75. The van der Waals surface area contributed by atoms with Crippen LogP contribution in [0.3, 0.4) is 0 Å². The molecule has 1 saturated carbocycles. The standard InChI is InChI=1S/C13H17NO4S/c1-9-12(4-6-18-9)13(15)14(10-2-3-10)11-5-7-19(16,17)8-11/h4,6,10-11H,2-3,5,7-8H2,1H3. The van der Waals surface area contributed by atoms with Gasteiger partial charge in [0.1, 0.15) is 5.76 Å². The summed E-state index contributed by atoms with van der Waals surface area (Å²) >= 11 is 0. The van der Waals surface area contributed by atoms with Gasteiger partial charge in [-0.2, -0.15) is 0 Å². The lowest BCUT2D eigenvalue weighted by molar-refractivity contribution is 0.0679. The third-order valence-corrected chi connectivity index (χ3v) is 5.62. The van der Waals surface area contributed by atoms with Gasteiger partial charge in [0, 0.05) is 12.1 Å². The van der Waals surface area contributed by atoms with E-state index >= 15 is 0 Å². The number of hydrogen-bond donors (Lipinski definition) is 0. The summed E-state index contributed by atoms with van der Waals surface area (Å²) in [7, 11) is -2.98. The van der Waals surface area contributed by atoms with Gasteiger partial charge in [0.05, 0.1) is 23.3 Å². The number of rotatable bonds is 3. The Hall–Kier alpha value is -1.30. The summed E-state index contributed by atoms with van der Waals surface area (Å²) < 4.78 is 28.4. The van der Waals surface area contributed by atoms with Gasteiger partial charge in [-0.1, -0.05) is 0 Å². The third-order valence-electron chi connectivity index (χ3n) is 3.87. The predicted octanol–water partition coefficient (Wildman–Crippen LogP) is 1.38. The molecule has 3 rings (SSSR count). The molecule has 2 fully saturated rings. The van der Waals surface area contributed by atoms with Gasteiger partial charge in [-0.3, -0.25) is 4.79 Å². The molecule has 0 spiro atoms. The normalized spacial score (nSPS) is 25.4. The van der Waals surface area contributed by atoms with Crippen molar-refractivity contribution in [3.8, 4) is 0 Å². The Morgan fingerprint density at radius 2 is 2.05 bits per heavy atom. The molecule has 1 atom stereocenters. The van der Waals surface area contributed by atoms with E-state index in [0.717, 1.165) is 12.8 Å². The van der Waals surface area contributed by atoms with Gasteiger partial charge in [0.25, 0.3) is 5.91 Å². The Labute approximate surface area is 112 Å². The lowest BCUT2D eigenvalue weighted by Crippen LogP contribution is -2.42. The van der Waals surface area contributed by atoms with Crippen molar-refractivity contribution in [2.24, 2.45) is 0 Å². The van der Waals surface area contributed by atoms with E-state index in [9.17, 15) is 13.2 Å². The molecule has 104 valence electrons. The van der Waals surface area contributed by atoms with Crippen LogP contribution in [0.4, 0.5) is 0 Å². The molecule has 0 radical (unpaired) electrons. The number of aryl methyl sites for hydroxylation is 1. The molecule has 0 N–H and O–H groups in total. The molecule has 1 aliphatic heterocycles. The van der Waals surface area contributed by atoms with Gasteiger partial charge in [0.15, 0.2) is 9.84 Å². The van der Waals surface area contributed by atoms with E-state index in [0.29, 0.717) is 17.7 Å². The van der Waals surface area contributed by atoms with Gasteiger partial charge in [-0.25, -0.2) is 8.42 Å². The molecule has 2 heterocycles. The van der Waals surface area contributed by atoms with Crippen LogP contribution in [0.15, 0.2) is 16.7 Å². The summed E-state index contributed by atoms with van der Waals surface area (Å²) in [6.07, 6.45) is 4.00. The van der Waals surface area contributed by atoms with Crippen molar-refractivity contribution in [3.63, 3.8) is 0 Å². The van der Waals surface area contributed by atoms with Gasteiger partial charge >= 0.3 is 0 Å². The van der Waals surface area contributed by atoms with Gasteiger partial charge in [-0.05, 0) is 32.3 Å². The molecular weight excluding hydrogens is 266 g/mol. The minimum Gasteiger partial charge on any atom is -0.469 e. The van der Waals surface area contributed by atoms with Crippen LogP contribution in [0.25, 0.3) is 0 Å². The average molecular weight is 283 g/mol. The first-order valence-electron chi connectivity index (χ1n) is 6.55. The highest BCUT2D eigenvalue weighted by Gasteiger charge is 2.42. The van der Waals surface area contributed by atoms with Crippen LogP contribution >= 0.6 is 0 Å². The molecule has 1 amide bonds. The van der Waals surface area contributed by atoms with Crippen LogP contribution in [-0.2, 0) is 9.84 Å². The van der Waals surface area contributed by atoms with Crippen molar-refractivity contribution >= 4 is 15.7 Å². The summed E-state index contributed by atoms with van der Waals surface area (Å²) in [5.74, 6) is 0.803. The zero-order valence-electron chi connectivity index (χ0n) is 10.8. The fraction of sp³-hybridized carbons (Fsp3) is 0.615. The van der Waals surface area contributed by atoms with Crippen LogP contribution in [0, 0.1) is 6.92 Å². The topological polar surface area (TPSA) is 67.6 Å². The van der Waals surface area contributed by atoms with Crippen molar-refractivity contribution in [2.45, 2.75) is 38.3 Å². The molecule has 19 heavy (non-hydrogen) atoms. The summed E-state index contributed by atoms with van der Waals surface area (Å²) in [5, 5.41) is 0. The first kappa shape index (κ1) is 12.7.